The Bertz CT molecular complexity index is 1530. The second kappa shape index (κ2) is 7.51. The lowest BCUT2D eigenvalue weighted by Crippen LogP contribution is -2.44. The third kappa shape index (κ3) is 2.79. The van der Waals surface area contributed by atoms with Crippen molar-refractivity contribution in [1.82, 2.24) is 9.80 Å². The molecule has 0 aliphatic carbocycles. The van der Waals surface area contributed by atoms with Crippen molar-refractivity contribution in [2.75, 3.05) is 26.2 Å². The number of hydrogen-bond donors (Lipinski definition) is 0. The Morgan fingerprint density at radius 1 is 0.697 bits per heavy atom. The topological polar surface area (TPSA) is 40.6 Å². The number of likely N-dealkylation sites (N-methyl/N-ethyl adjacent to an activating group) is 1. The standard InChI is InChI=1S/C28H23BrN2O2/c1-3-30(4-2)14-15-31-27(32)21-10-8-18-16-6-5-7-20-23(29)13-12-17(24(16)20)19-9-11-22(28(31)33)26(21)25(18)19/h5-13H,3-4,14-15H2,1-2H3. The van der Waals surface area contributed by atoms with Crippen LogP contribution in [0.4, 0.5) is 0 Å². The second-order valence-corrected chi connectivity index (χ2v) is 9.54. The summed E-state index contributed by atoms with van der Waals surface area (Å²) in [5.41, 5.74) is 1.25. The molecule has 5 heteroatoms. The van der Waals surface area contributed by atoms with Gasteiger partial charge in [-0.3, -0.25) is 14.5 Å². The Hall–Kier alpha value is -3.02. The van der Waals surface area contributed by atoms with Crippen LogP contribution in [0.5, 0.6) is 0 Å². The molecule has 164 valence electrons. The van der Waals surface area contributed by atoms with Gasteiger partial charge in [-0.05, 0) is 69.0 Å². The number of halogens is 1. The van der Waals surface area contributed by atoms with Gasteiger partial charge in [-0.25, -0.2) is 0 Å². The number of fused-ring (bicyclic) bond motifs is 2. The van der Waals surface area contributed by atoms with Crippen molar-refractivity contribution in [3.05, 3.63) is 70.2 Å². The van der Waals surface area contributed by atoms with Crippen molar-refractivity contribution < 1.29 is 9.59 Å². The fourth-order valence-corrected chi connectivity index (χ4v) is 5.95. The molecule has 0 aromatic heterocycles. The van der Waals surface area contributed by atoms with Gasteiger partial charge in [0.05, 0.1) is 0 Å². The van der Waals surface area contributed by atoms with Gasteiger partial charge in [0.2, 0.25) is 0 Å². The maximum atomic E-state index is 13.5. The first-order chi connectivity index (χ1) is 16.0. The Morgan fingerprint density at radius 3 is 1.88 bits per heavy atom. The summed E-state index contributed by atoms with van der Waals surface area (Å²) in [7, 11) is 0. The second-order valence-electron chi connectivity index (χ2n) is 8.68. The van der Waals surface area contributed by atoms with Gasteiger partial charge >= 0.3 is 0 Å². The van der Waals surface area contributed by atoms with Gasteiger partial charge in [0, 0.05) is 34.1 Å². The molecular weight excluding hydrogens is 476 g/mol. The van der Waals surface area contributed by atoms with Gasteiger partial charge in [-0.2, -0.15) is 0 Å². The van der Waals surface area contributed by atoms with Crippen LogP contribution in [0.2, 0.25) is 0 Å². The highest BCUT2D eigenvalue weighted by Crippen LogP contribution is 2.44. The summed E-state index contributed by atoms with van der Waals surface area (Å²) in [6.45, 7) is 7.07. The summed E-state index contributed by atoms with van der Waals surface area (Å²) in [5.74, 6) is -0.383. The molecule has 0 radical (unpaired) electrons. The van der Waals surface area contributed by atoms with E-state index < -0.39 is 0 Å². The molecular formula is C28H23BrN2O2. The fourth-order valence-electron chi connectivity index (χ4n) is 5.49. The molecule has 0 saturated carbocycles. The Balaban J connectivity index is 1.63. The van der Waals surface area contributed by atoms with Crippen LogP contribution < -0.4 is 0 Å². The van der Waals surface area contributed by atoms with E-state index in [9.17, 15) is 9.59 Å². The van der Waals surface area contributed by atoms with E-state index in [1.807, 2.05) is 12.1 Å². The number of nitrogens with zero attached hydrogens (tertiary/aromatic N) is 2. The number of amides is 2. The van der Waals surface area contributed by atoms with Crippen LogP contribution in [0.15, 0.2) is 59.1 Å². The lowest BCUT2D eigenvalue weighted by atomic mass is 9.85. The van der Waals surface area contributed by atoms with Crippen molar-refractivity contribution in [2.45, 2.75) is 13.8 Å². The number of imide groups is 1. The smallest absolute Gasteiger partial charge is 0.261 e. The Labute approximate surface area is 200 Å². The lowest BCUT2D eigenvalue weighted by molar-refractivity contribution is 0.0594. The van der Waals surface area contributed by atoms with Gasteiger partial charge in [-0.15, -0.1) is 0 Å². The minimum Gasteiger partial charge on any atom is -0.302 e. The van der Waals surface area contributed by atoms with Crippen molar-refractivity contribution in [1.29, 1.82) is 0 Å². The van der Waals surface area contributed by atoms with Crippen LogP contribution in [-0.2, 0) is 0 Å². The first kappa shape index (κ1) is 20.6. The average Bonchev–Trinajstić information content (AvgIpc) is 2.84. The van der Waals surface area contributed by atoms with E-state index in [1.165, 1.54) is 15.7 Å². The van der Waals surface area contributed by atoms with Crippen LogP contribution in [0.25, 0.3) is 43.1 Å². The third-order valence-corrected chi connectivity index (χ3v) is 7.91. The van der Waals surface area contributed by atoms with Gasteiger partial charge in [0.15, 0.2) is 0 Å². The molecule has 1 aliphatic rings. The number of rotatable bonds is 5. The molecule has 4 nitrogen and oxygen atoms in total. The van der Waals surface area contributed by atoms with Gasteiger partial charge < -0.3 is 4.90 Å². The molecule has 0 atom stereocenters. The van der Waals surface area contributed by atoms with Crippen LogP contribution in [0.3, 0.4) is 0 Å². The molecule has 5 aromatic carbocycles. The number of carbonyl (C=O) groups excluding carboxylic acids is 2. The minimum atomic E-state index is -0.192. The summed E-state index contributed by atoms with van der Waals surface area (Å²) in [6, 6.07) is 18.5. The average molecular weight is 499 g/mol. The van der Waals surface area contributed by atoms with Gasteiger partial charge in [-0.1, -0.05) is 66.2 Å². The van der Waals surface area contributed by atoms with E-state index in [0.717, 1.165) is 49.9 Å². The van der Waals surface area contributed by atoms with E-state index in [1.54, 1.807) is 0 Å². The van der Waals surface area contributed by atoms with Crippen molar-refractivity contribution in [2.24, 2.45) is 0 Å². The Kier molecular flexibility index (Phi) is 4.68. The summed E-state index contributed by atoms with van der Waals surface area (Å²) in [5, 5.41) is 8.63. The summed E-state index contributed by atoms with van der Waals surface area (Å²) < 4.78 is 1.06. The van der Waals surface area contributed by atoms with Gasteiger partial charge in [0.25, 0.3) is 11.8 Å². The number of carbonyl (C=O) groups is 2. The largest absolute Gasteiger partial charge is 0.302 e. The molecule has 1 aliphatic heterocycles. The van der Waals surface area contributed by atoms with Crippen LogP contribution in [0.1, 0.15) is 34.6 Å². The van der Waals surface area contributed by atoms with Crippen molar-refractivity contribution in [3.8, 4) is 0 Å². The van der Waals surface area contributed by atoms with E-state index in [0.29, 0.717) is 24.2 Å². The van der Waals surface area contributed by atoms with E-state index >= 15 is 0 Å². The minimum absolute atomic E-state index is 0.192. The van der Waals surface area contributed by atoms with Crippen LogP contribution in [-0.4, -0.2) is 47.8 Å². The first-order valence-corrected chi connectivity index (χ1v) is 12.2. The normalized spacial score (nSPS) is 14.1. The van der Waals surface area contributed by atoms with Crippen LogP contribution in [0, 0.1) is 0 Å². The molecule has 0 unspecified atom stereocenters. The number of benzene rings is 5. The maximum Gasteiger partial charge on any atom is 0.261 e. The summed E-state index contributed by atoms with van der Waals surface area (Å²) >= 11 is 3.70. The maximum absolute atomic E-state index is 13.5. The van der Waals surface area contributed by atoms with E-state index in [4.69, 9.17) is 0 Å². The van der Waals surface area contributed by atoms with Gasteiger partial charge in [0.1, 0.15) is 0 Å². The highest BCUT2D eigenvalue weighted by Gasteiger charge is 2.34. The zero-order chi connectivity index (χ0) is 22.9. The molecule has 0 spiro atoms. The molecule has 5 aromatic rings. The number of hydrogen-bond acceptors (Lipinski definition) is 3. The predicted octanol–water partition coefficient (Wildman–Crippen LogP) is 6.44. The molecule has 0 bridgehead atoms. The SMILES string of the molecule is CCN(CC)CCN1C(=O)c2ccc3c4cccc5c(Br)ccc(c6ccc(c2c36)C1=O)c54. The van der Waals surface area contributed by atoms with Crippen molar-refractivity contribution in [3.63, 3.8) is 0 Å². The molecule has 0 N–H and O–H groups in total. The van der Waals surface area contributed by atoms with Crippen LogP contribution >= 0.6 is 15.9 Å². The van der Waals surface area contributed by atoms with E-state index in [-0.39, 0.29) is 11.8 Å². The zero-order valence-electron chi connectivity index (χ0n) is 18.6. The van der Waals surface area contributed by atoms with E-state index in [2.05, 4.69) is 77.1 Å². The quantitative estimate of drug-likeness (QED) is 0.159. The Morgan fingerprint density at radius 2 is 1.24 bits per heavy atom. The monoisotopic (exact) mass is 498 g/mol. The summed E-state index contributed by atoms with van der Waals surface area (Å²) in [4.78, 5) is 30.6. The predicted molar refractivity (Wildman–Crippen MR) is 139 cm³/mol. The molecule has 1 heterocycles. The zero-order valence-corrected chi connectivity index (χ0v) is 20.2. The van der Waals surface area contributed by atoms with Crippen molar-refractivity contribution >= 4 is 70.8 Å². The lowest BCUT2D eigenvalue weighted by Gasteiger charge is -2.30. The molecule has 0 saturated heterocycles. The summed E-state index contributed by atoms with van der Waals surface area (Å²) in [6.07, 6.45) is 0. The highest BCUT2D eigenvalue weighted by molar-refractivity contribution is 9.10. The third-order valence-electron chi connectivity index (χ3n) is 7.21. The fraction of sp³-hybridized carbons (Fsp3) is 0.214. The molecule has 2 amide bonds. The molecule has 33 heavy (non-hydrogen) atoms. The molecule has 6 rings (SSSR count). The molecule has 0 fully saturated rings. The highest BCUT2D eigenvalue weighted by atomic mass is 79.9. The first-order valence-electron chi connectivity index (χ1n) is 11.4.